The molecular weight excluding hydrogens is 294 g/mol. The lowest BCUT2D eigenvalue weighted by Crippen LogP contribution is -2.32. The molecule has 98 valence electrons. The normalized spacial score (nSPS) is 22.8. The molecule has 0 unspecified atom stereocenters. The fourth-order valence-electron chi connectivity index (χ4n) is 2.98. The van der Waals surface area contributed by atoms with E-state index in [4.69, 9.17) is 4.74 Å². The fraction of sp³-hybridized carbons (Fsp3) is 0.571. The molecule has 1 N–H and O–H groups in total. The predicted molar refractivity (Wildman–Crippen MR) is 75.4 cm³/mol. The summed E-state index contributed by atoms with van der Waals surface area (Å²) >= 11 is 3.59. The monoisotopic (exact) mass is 311 g/mol. The van der Waals surface area contributed by atoms with Crippen LogP contribution in [0.1, 0.15) is 24.8 Å². The van der Waals surface area contributed by atoms with E-state index in [0.29, 0.717) is 0 Å². The molecule has 0 spiro atoms. The Morgan fingerprint density at radius 1 is 1.39 bits per heavy atom. The summed E-state index contributed by atoms with van der Waals surface area (Å²) in [6.07, 6.45) is 4.38. The van der Waals surface area contributed by atoms with Crippen molar-refractivity contribution in [2.24, 2.45) is 0 Å². The standard InChI is InChI=1S/C14H18BrNO2/c15-11-7-10-3-2-6-18-14(10)13(8-11)16-5-1-4-12(16)9-17/h7-8,12,17H,1-6,9H2/t12-/m1/s1. The van der Waals surface area contributed by atoms with Gasteiger partial charge in [0, 0.05) is 11.0 Å². The molecule has 3 nitrogen and oxygen atoms in total. The second kappa shape index (κ2) is 5.10. The van der Waals surface area contributed by atoms with Crippen LogP contribution in [-0.4, -0.2) is 30.9 Å². The molecule has 2 aliphatic rings. The molecule has 0 saturated carbocycles. The zero-order valence-electron chi connectivity index (χ0n) is 10.4. The van der Waals surface area contributed by atoms with Crippen molar-refractivity contribution in [1.29, 1.82) is 0 Å². The van der Waals surface area contributed by atoms with Gasteiger partial charge in [-0.2, -0.15) is 0 Å². The van der Waals surface area contributed by atoms with Gasteiger partial charge in [-0.3, -0.25) is 0 Å². The summed E-state index contributed by atoms with van der Waals surface area (Å²) in [6.45, 7) is 2.04. The fourth-order valence-corrected chi connectivity index (χ4v) is 3.47. The second-order valence-electron chi connectivity index (χ2n) is 5.04. The van der Waals surface area contributed by atoms with Crippen molar-refractivity contribution in [3.05, 3.63) is 22.2 Å². The van der Waals surface area contributed by atoms with Crippen LogP contribution >= 0.6 is 15.9 Å². The number of aliphatic hydroxyl groups is 1. The number of hydrogen-bond donors (Lipinski definition) is 1. The maximum Gasteiger partial charge on any atom is 0.145 e. The largest absolute Gasteiger partial charge is 0.491 e. The van der Waals surface area contributed by atoms with Gasteiger partial charge in [0.15, 0.2) is 0 Å². The first-order valence-corrected chi connectivity index (χ1v) is 7.41. The Balaban J connectivity index is 2.02. The smallest absolute Gasteiger partial charge is 0.145 e. The van der Waals surface area contributed by atoms with Gasteiger partial charge < -0.3 is 14.7 Å². The number of benzene rings is 1. The highest BCUT2D eigenvalue weighted by Gasteiger charge is 2.28. The number of hydrogen-bond acceptors (Lipinski definition) is 3. The van der Waals surface area contributed by atoms with Crippen LogP contribution in [0.25, 0.3) is 0 Å². The average Bonchev–Trinajstić information content (AvgIpc) is 2.85. The molecule has 0 aromatic heterocycles. The molecule has 3 rings (SSSR count). The number of anilines is 1. The van der Waals surface area contributed by atoms with Crippen molar-refractivity contribution < 1.29 is 9.84 Å². The average molecular weight is 312 g/mol. The molecule has 1 aromatic rings. The van der Waals surface area contributed by atoms with E-state index in [0.717, 1.165) is 54.7 Å². The molecule has 0 amide bonds. The van der Waals surface area contributed by atoms with Crippen molar-refractivity contribution in [2.45, 2.75) is 31.7 Å². The topological polar surface area (TPSA) is 32.7 Å². The van der Waals surface area contributed by atoms with Crippen LogP contribution in [0.15, 0.2) is 16.6 Å². The number of rotatable bonds is 2. The Kier molecular flexibility index (Phi) is 3.48. The maximum atomic E-state index is 9.48. The van der Waals surface area contributed by atoms with Gasteiger partial charge in [-0.1, -0.05) is 15.9 Å². The SMILES string of the molecule is OC[C@H]1CCCN1c1cc(Br)cc2c1OCCC2. The molecule has 1 saturated heterocycles. The summed E-state index contributed by atoms with van der Waals surface area (Å²) in [5.74, 6) is 1.03. The van der Waals surface area contributed by atoms with Gasteiger partial charge in [-0.15, -0.1) is 0 Å². The van der Waals surface area contributed by atoms with Crippen LogP contribution in [0.2, 0.25) is 0 Å². The first-order chi connectivity index (χ1) is 8.79. The lowest BCUT2D eigenvalue weighted by atomic mass is 10.0. The van der Waals surface area contributed by atoms with Crippen LogP contribution in [0.3, 0.4) is 0 Å². The molecular formula is C14H18BrNO2. The van der Waals surface area contributed by atoms with E-state index in [9.17, 15) is 5.11 Å². The highest BCUT2D eigenvalue weighted by atomic mass is 79.9. The van der Waals surface area contributed by atoms with Crippen molar-refractivity contribution in [3.8, 4) is 5.75 Å². The third kappa shape index (κ3) is 2.12. The van der Waals surface area contributed by atoms with Crippen molar-refractivity contribution >= 4 is 21.6 Å². The molecule has 0 radical (unpaired) electrons. The maximum absolute atomic E-state index is 9.48. The third-order valence-electron chi connectivity index (χ3n) is 3.85. The first-order valence-electron chi connectivity index (χ1n) is 6.62. The van der Waals surface area contributed by atoms with Gasteiger partial charge in [0.05, 0.1) is 24.9 Å². The van der Waals surface area contributed by atoms with E-state index < -0.39 is 0 Å². The van der Waals surface area contributed by atoms with E-state index in [-0.39, 0.29) is 12.6 Å². The Labute approximate surface area is 116 Å². The third-order valence-corrected chi connectivity index (χ3v) is 4.30. The lowest BCUT2D eigenvalue weighted by molar-refractivity contribution is 0.263. The highest BCUT2D eigenvalue weighted by molar-refractivity contribution is 9.10. The van der Waals surface area contributed by atoms with Crippen LogP contribution < -0.4 is 9.64 Å². The minimum absolute atomic E-state index is 0.223. The lowest BCUT2D eigenvalue weighted by Gasteiger charge is -2.30. The first kappa shape index (κ1) is 12.3. The quantitative estimate of drug-likeness (QED) is 0.911. The number of fused-ring (bicyclic) bond motifs is 1. The molecule has 0 bridgehead atoms. The molecule has 18 heavy (non-hydrogen) atoms. The van der Waals surface area contributed by atoms with Gasteiger partial charge in [0.1, 0.15) is 5.75 Å². The summed E-state index contributed by atoms with van der Waals surface area (Å²) in [4.78, 5) is 2.30. The Morgan fingerprint density at radius 2 is 2.28 bits per heavy atom. The van der Waals surface area contributed by atoms with Crippen LogP contribution in [0, 0.1) is 0 Å². The van der Waals surface area contributed by atoms with Gasteiger partial charge in [-0.25, -0.2) is 0 Å². The molecule has 2 heterocycles. The molecule has 1 aromatic carbocycles. The number of nitrogens with zero attached hydrogens (tertiary/aromatic N) is 1. The van der Waals surface area contributed by atoms with Crippen molar-refractivity contribution in [1.82, 2.24) is 0 Å². The number of ether oxygens (including phenoxy) is 1. The van der Waals surface area contributed by atoms with Crippen LogP contribution in [0.5, 0.6) is 5.75 Å². The van der Waals surface area contributed by atoms with Gasteiger partial charge in [-0.05, 0) is 43.4 Å². The van der Waals surface area contributed by atoms with E-state index in [2.05, 4.69) is 33.0 Å². The second-order valence-corrected chi connectivity index (χ2v) is 5.95. The minimum Gasteiger partial charge on any atom is -0.491 e. The van der Waals surface area contributed by atoms with E-state index in [1.807, 2.05) is 0 Å². The molecule has 4 heteroatoms. The summed E-state index contributed by atoms with van der Waals surface area (Å²) in [5, 5.41) is 9.48. The molecule has 0 aliphatic carbocycles. The van der Waals surface area contributed by atoms with Crippen molar-refractivity contribution in [3.63, 3.8) is 0 Å². The number of aryl methyl sites for hydroxylation is 1. The molecule has 2 aliphatic heterocycles. The highest BCUT2D eigenvalue weighted by Crippen LogP contribution is 2.41. The van der Waals surface area contributed by atoms with E-state index >= 15 is 0 Å². The molecule has 1 atom stereocenters. The van der Waals surface area contributed by atoms with E-state index in [1.165, 1.54) is 5.56 Å². The Morgan fingerprint density at radius 3 is 3.11 bits per heavy atom. The van der Waals surface area contributed by atoms with E-state index in [1.54, 1.807) is 0 Å². The van der Waals surface area contributed by atoms with Crippen LogP contribution in [-0.2, 0) is 6.42 Å². The number of aliphatic hydroxyl groups excluding tert-OH is 1. The summed E-state index contributed by atoms with van der Waals surface area (Å²) in [6, 6.07) is 4.52. The van der Waals surface area contributed by atoms with Gasteiger partial charge in [0.2, 0.25) is 0 Å². The summed E-state index contributed by atoms with van der Waals surface area (Å²) < 4.78 is 6.97. The van der Waals surface area contributed by atoms with Crippen molar-refractivity contribution in [2.75, 3.05) is 24.7 Å². The number of halogens is 1. The zero-order valence-corrected chi connectivity index (χ0v) is 11.9. The van der Waals surface area contributed by atoms with Gasteiger partial charge >= 0.3 is 0 Å². The Bertz CT molecular complexity index is 450. The minimum atomic E-state index is 0.223. The summed E-state index contributed by atoms with van der Waals surface area (Å²) in [7, 11) is 0. The predicted octanol–water partition coefficient (Wildman–Crippen LogP) is 2.74. The van der Waals surface area contributed by atoms with Gasteiger partial charge in [0.25, 0.3) is 0 Å². The van der Waals surface area contributed by atoms with Crippen LogP contribution in [0.4, 0.5) is 5.69 Å². The Hall–Kier alpha value is -0.740. The zero-order chi connectivity index (χ0) is 12.5. The molecule has 1 fully saturated rings. The summed E-state index contributed by atoms with van der Waals surface area (Å²) in [5.41, 5.74) is 2.44.